The second-order valence-corrected chi connectivity index (χ2v) is 22.6. The third-order valence-corrected chi connectivity index (χ3v) is 19.0. The van der Waals surface area contributed by atoms with E-state index in [1.54, 1.807) is 11.1 Å². The molecule has 73 heavy (non-hydrogen) atoms. The van der Waals surface area contributed by atoms with Gasteiger partial charge in [-0.15, -0.1) is 11.3 Å². The quantitative estimate of drug-likeness (QED) is 0.161. The van der Waals surface area contributed by atoms with Gasteiger partial charge in [-0.3, -0.25) is 0 Å². The Bertz CT molecular complexity index is 3880. The number of rotatable bonds is 6. The molecule has 0 amide bonds. The summed E-state index contributed by atoms with van der Waals surface area (Å²) in [6.07, 6.45) is 6.45. The molecule has 1 nitrogen and oxygen atoms in total. The molecular weight excluding hydrogens is 899 g/mol. The van der Waals surface area contributed by atoms with Gasteiger partial charge in [0.1, 0.15) is 0 Å². The topological polar surface area (TPSA) is 3.24 Å². The molecule has 2 saturated carbocycles. The van der Waals surface area contributed by atoms with E-state index >= 15 is 0 Å². The van der Waals surface area contributed by atoms with Gasteiger partial charge in [0, 0.05) is 42.6 Å². The average molecular weight is 954 g/mol. The zero-order valence-corrected chi connectivity index (χ0v) is 42.0. The summed E-state index contributed by atoms with van der Waals surface area (Å²) < 4.78 is 2.65. The second kappa shape index (κ2) is 16.6. The average Bonchev–Trinajstić information content (AvgIpc) is 4.09. The first-order valence-electron chi connectivity index (χ1n) is 26.6. The maximum absolute atomic E-state index is 2.65. The predicted molar refractivity (Wildman–Crippen MR) is 308 cm³/mol. The molecule has 1 unspecified atom stereocenters. The highest BCUT2D eigenvalue weighted by Gasteiger charge is 2.62. The fraction of sp³-hybridized carbons (Fsp3) is 0.155. The minimum Gasteiger partial charge on any atom is -0.310 e. The summed E-state index contributed by atoms with van der Waals surface area (Å²) >= 11 is 1.88. The van der Waals surface area contributed by atoms with Crippen LogP contribution >= 0.6 is 11.3 Å². The van der Waals surface area contributed by atoms with Crippen molar-refractivity contribution >= 4 is 48.6 Å². The van der Waals surface area contributed by atoms with Crippen LogP contribution in [0.3, 0.4) is 0 Å². The Morgan fingerprint density at radius 1 is 0.384 bits per heavy atom. The molecule has 2 heteroatoms. The van der Waals surface area contributed by atoms with Crippen LogP contribution in [0.4, 0.5) is 17.1 Å². The number of anilines is 3. The second-order valence-electron chi connectivity index (χ2n) is 21.5. The minimum absolute atomic E-state index is 0.0518. The number of thiophene rings is 1. The van der Waals surface area contributed by atoms with E-state index < -0.39 is 5.41 Å². The Kier molecular flexibility index (Phi) is 9.77. The lowest BCUT2D eigenvalue weighted by molar-refractivity contribution is 0.0495. The lowest BCUT2D eigenvalue weighted by Gasteiger charge is -2.60. The van der Waals surface area contributed by atoms with Crippen LogP contribution in [-0.2, 0) is 10.8 Å². The molecule has 10 aromatic carbocycles. The molecule has 2 spiro atoms. The van der Waals surface area contributed by atoms with Crippen molar-refractivity contribution in [3.8, 4) is 44.5 Å². The summed E-state index contributed by atoms with van der Waals surface area (Å²) in [4.78, 5) is 2.53. The molecule has 2 bridgehead atoms. The largest absolute Gasteiger partial charge is 0.310 e. The maximum Gasteiger partial charge on any atom is 0.0720 e. The van der Waals surface area contributed by atoms with Crippen LogP contribution in [0.15, 0.2) is 237 Å². The van der Waals surface area contributed by atoms with Crippen LogP contribution < -0.4 is 4.90 Å². The summed E-state index contributed by atoms with van der Waals surface area (Å²) in [5.41, 5.74) is 21.9. The van der Waals surface area contributed by atoms with Crippen molar-refractivity contribution in [3.05, 3.63) is 270 Å². The van der Waals surface area contributed by atoms with Crippen molar-refractivity contribution < 1.29 is 0 Å². The summed E-state index contributed by atoms with van der Waals surface area (Å²) in [7, 11) is 0. The van der Waals surface area contributed by atoms with Crippen molar-refractivity contribution in [2.75, 3.05) is 4.90 Å². The van der Waals surface area contributed by atoms with Gasteiger partial charge in [0.2, 0.25) is 0 Å². The molecular formula is C71H55NS. The fourth-order valence-electron chi connectivity index (χ4n) is 15.2. The van der Waals surface area contributed by atoms with Crippen LogP contribution in [0, 0.1) is 17.8 Å². The molecule has 0 aliphatic heterocycles. The Balaban J connectivity index is 0.950. The fourth-order valence-corrected chi connectivity index (χ4v) is 16.3. The van der Waals surface area contributed by atoms with E-state index in [4.69, 9.17) is 0 Å². The van der Waals surface area contributed by atoms with Gasteiger partial charge in [-0.05, 0) is 170 Å². The van der Waals surface area contributed by atoms with E-state index in [-0.39, 0.29) is 5.41 Å². The summed E-state index contributed by atoms with van der Waals surface area (Å²) in [6, 6.07) is 90.3. The monoisotopic (exact) mass is 953 g/mol. The highest BCUT2D eigenvalue weighted by molar-refractivity contribution is 7.25. The van der Waals surface area contributed by atoms with Gasteiger partial charge >= 0.3 is 0 Å². The molecule has 15 rings (SSSR count). The molecule has 0 saturated heterocycles. The number of benzene rings is 10. The van der Waals surface area contributed by atoms with Gasteiger partial charge in [-0.2, -0.15) is 0 Å². The van der Waals surface area contributed by atoms with Crippen molar-refractivity contribution in [3.63, 3.8) is 0 Å². The molecule has 4 aliphatic carbocycles. The Labute approximate surface area is 433 Å². The van der Waals surface area contributed by atoms with E-state index in [1.807, 2.05) is 11.3 Å². The normalized spacial score (nSPS) is 19.9. The van der Waals surface area contributed by atoms with Crippen LogP contribution in [0.2, 0.25) is 0 Å². The van der Waals surface area contributed by atoms with Crippen LogP contribution in [0.5, 0.6) is 0 Å². The zero-order valence-electron chi connectivity index (χ0n) is 41.1. The van der Waals surface area contributed by atoms with Gasteiger partial charge in [-0.25, -0.2) is 0 Å². The first-order valence-corrected chi connectivity index (χ1v) is 27.4. The Morgan fingerprint density at radius 2 is 0.890 bits per heavy atom. The van der Waals surface area contributed by atoms with Gasteiger partial charge in [-0.1, -0.05) is 201 Å². The van der Waals surface area contributed by atoms with Crippen molar-refractivity contribution in [2.24, 2.45) is 17.8 Å². The number of hydrogen-bond acceptors (Lipinski definition) is 2. The van der Waals surface area contributed by atoms with E-state index in [9.17, 15) is 0 Å². The lowest BCUT2D eigenvalue weighted by Crippen LogP contribution is -2.55. The Morgan fingerprint density at radius 3 is 1.59 bits per heavy atom. The molecule has 2 fully saturated rings. The molecule has 4 aliphatic rings. The van der Waals surface area contributed by atoms with Crippen LogP contribution in [-0.4, -0.2) is 0 Å². The third-order valence-electron chi connectivity index (χ3n) is 17.9. The van der Waals surface area contributed by atoms with E-state index in [0.29, 0.717) is 11.8 Å². The smallest absolute Gasteiger partial charge is 0.0720 e. The lowest BCUT2D eigenvalue weighted by atomic mass is 9.42. The third kappa shape index (κ3) is 6.20. The van der Waals surface area contributed by atoms with Gasteiger partial charge < -0.3 is 4.90 Å². The van der Waals surface area contributed by atoms with Crippen molar-refractivity contribution in [1.82, 2.24) is 0 Å². The minimum atomic E-state index is -0.481. The standard InChI is InChI=1S/C71H55NS/c1-46-43-50-19-15-20-51(44-46)70(50)63-29-12-13-30-64(63)71(61-27-10-7-23-57(61)58-24-8-11-28-62(58)71)66-45-54(41-42-65(66)70)72(52-37-33-48(34-38-52)47-17-3-2-4-18-47)53-39-35-49(36-40-53)55-21-5-6-22-56(55)59-26-16-32-68-69(59)60-25-9-14-31-67(60)73-68/h2-14,16-18,21-42,45-46,50-51H,15,19-20,43-44H2,1H3/t46-,50-,51+,70?. The van der Waals surface area contributed by atoms with Gasteiger partial charge in [0.05, 0.1) is 5.41 Å². The van der Waals surface area contributed by atoms with E-state index in [2.05, 4.69) is 248 Å². The summed E-state index contributed by atoms with van der Waals surface area (Å²) in [5, 5.41) is 2.66. The maximum atomic E-state index is 2.65. The van der Waals surface area contributed by atoms with Crippen molar-refractivity contribution in [2.45, 2.75) is 49.9 Å². The zero-order chi connectivity index (χ0) is 48.3. The van der Waals surface area contributed by atoms with E-state index in [1.165, 1.54) is 125 Å². The van der Waals surface area contributed by atoms with Crippen LogP contribution in [0.25, 0.3) is 64.7 Å². The number of hydrogen-bond donors (Lipinski definition) is 0. The van der Waals surface area contributed by atoms with Crippen LogP contribution in [0.1, 0.15) is 72.4 Å². The van der Waals surface area contributed by atoms with Gasteiger partial charge in [0.25, 0.3) is 0 Å². The molecule has 11 aromatic rings. The van der Waals surface area contributed by atoms with Gasteiger partial charge in [0.15, 0.2) is 0 Å². The summed E-state index contributed by atoms with van der Waals surface area (Å²) in [5.74, 6) is 1.91. The predicted octanol–water partition coefficient (Wildman–Crippen LogP) is 19.3. The highest BCUT2D eigenvalue weighted by Crippen LogP contribution is 2.69. The Hall–Kier alpha value is -7.78. The molecule has 1 heterocycles. The number of nitrogens with zero attached hydrogens (tertiary/aromatic N) is 1. The SMILES string of the molecule is C[C@@H]1C[C@H]2CCC[C@@H](C1)C21c2ccccc2C2(c3ccccc3-c3ccccc32)c2cc(N(c3ccc(-c4ccccc4)cc3)c3ccc(-c4ccccc4-c4cccc5sc6ccccc6c45)cc3)ccc21. The van der Waals surface area contributed by atoms with E-state index in [0.717, 1.165) is 17.3 Å². The summed E-state index contributed by atoms with van der Waals surface area (Å²) in [6.45, 7) is 2.53. The molecule has 350 valence electrons. The highest BCUT2D eigenvalue weighted by atomic mass is 32.1. The molecule has 0 N–H and O–H groups in total. The number of fused-ring (bicyclic) bond motifs is 12. The van der Waals surface area contributed by atoms with Crippen molar-refractivity contribution in [1.29, 1.82) is 0 Å². The molecule has 4 atom stereocenters. The molecule has 0 radical (unpaired) electrons. The first-order chi connectivity index (χ1) is 36.1. The first kappa shape index (κ1) is 42.9. The molecule has 1 aromatic heterocycles.